The zero-order chi connectivity index (χ0) is 52.0. The van der Waals surface area contributed by atoms with Crippen LogP contribution in [0.25, 0.3) is 33.9 Å². The Labute approximate surface area is 424 Å². The van der Waals surface area contributed by atoms with Crippen molar-refractivity contribution in [2.45, 2.75) is 135 Å². The fourth-order valence-corrected chi connectivity index (χ4v) is 10.4. The topological polar surface area (TPSA) is 158 Å². The highest BCUT2D eigenvalue weighted by molar-refractivity contribution is 7.16. The number of amides is 2. The molecule has 8 rings (SSSR count). The molecule has 0 unspecified atom stereocenters. The first-order valence-electron chi connectivity index (χ1n) is 22.7. The van der Waals surface area contributed by atoms with Gasteiger partial charge in [-0.05, 0) is 70.7 Å². The molecule has 14 nitrogen and oxygen atoms in total. The Balaban J connectivity index is 0.000000211. The Kier molecular flexibility index (Phi) is 15.5. The number of hydrogen-bond donors (Lipinski definition) is 0. The van der Waals surface area contributed by atoms with Gasteiger partial charge in [-0.25, -0.2) is 44.7 Å². The van der Waals surface area contributed by atoms with E-state index in [1.54, 1.807) is 74.5 Å². The number of thiazole rings is 2. The van der Waals surface area contributed by atoms with Gasteiger partial charge in [0.25, 0.3) is 0 Å². The van der Waals surface area contributed by atoms with E-state index >= 15 is 0 Å². The number of halogens is 8. The molecule has 2 aliphatic rings. The summed E-state index contributed by atoms with van der Waals surface area (Å²) < 4.78 is 88.8. The van der Waals surface area contributed by atoms with Gasteiger partial charge in [0.2, 0.25) is 5.91 Å². The summed E-state index contributed by atoms with van der Waals surface area (Å²) in [6.45, 7) is 18.2. The van der Waals surface area contributed by atoms with Crippen LogP contribution in [0, 0.1) is 0 Å². The Hall–Kier alpha value is -5.06. The molecule has 0 saturated carbocycles. The molecule has 0 N–H and O–H groups in total. The van der Waals surface area contributed by atoms with Gasteiger partial charge in [-0.3, -0.25) is 4.79 Å². The fourth-order valence-electron chi connectivity index (χ4n) is 7.67. The molecule has 0 atom stereocenters. The molecular formula is C47H53Cl2F6N11O3S2. The molecule has 0 radical (unpaired) electrons. The number of carbonyl (C=O) groups excluding carboxylic acids is 2. The average Bonchev–Trinajstić information content (AvgIpc) is 4.01. The van der Waals surface area contributed by atoms with E-state index in [4.69, 9.17) is 27.9 Å². The molecule has 2 fully saturated rings. The number of piperidine rings is 2. The van der Waals surface area contributed by atoms with Gasteiger partial charge in [0.15, 0.2) is 5.65 Å². The summed E-state index contributed by atoms with van der Waals surface area (Å²) in [4.78, 5) is 62.7. The summed E-state index contributed by atoms with van der Waals surface area (Å²) in [5.74, 6) is 0.203. The largest absolute Gasteiger partial charge is 0.444 e. The van der Waals surface area contributed by atoms with Crippen LogP contribution in [0.4, 0.5) is 31.1 Å². The second-order valence-corrected chi connectivity index (χ2v) is 23.6. The molecule has 71 heavy (non-hydrogen) atoms. The highest BCUT2D eigenvalue weighted by atomic mass is 35.5. The summed E-state index contributed by atoms with van der Waals surface area (Å²) in [5, 5.41) is 1.45. The normalized spacial score (nSPS) is 15.8. The predicted octanol–water partition coefficient (Wildman–Crippen LogP) is 12.4. The van der Waals surface area contributed by atoms with Gasteiger partial charge in [0, 0.05) is 55.0 Å². The first-order chi connectivity index (χ1) is 32.9. The van der Waals surface area contributed by atoms with E-state index in [1.165, 1.54) is 22.7 Å². The lowest BCUT2D eigenvalue weighted by Crippen LogP contribution is -2.41. The highest BCUT2D eigenvalue weighted by Gasteiger charge is 2.38. The molecule has 0 bridgehead atoms. The van der Waals surface area contributed by atoms with Crippen molar-refractivity contribution in [2.24, 2.45) is 0 Å². The summed E-state index contributed by atoms with van der Waals surface area (Å²) in [6, 6.07) is 5.44. The summed E-state index contributed by atoms with van der Waals surface area (Å²) >= 11 is 15.4. The molecule has 6 aromatic rings. The molecular weight excluding hydrogens is 1020 g/mol. The lowest BCUT2D eigenvalue weighted by atomic mass is 9.95. The third-order valence-corrected chi connectivity index (χ3v) is 14.3. The number of hydrogen-bond acceptors (Lipinski definition) is 13. The third kappa shape index (κ3) is 13.1. The van der Waals surface area contributed by atoms with Crippen LogP contribution in [0.2, 0.25) is 8.67 Å². The van der Waals surface area contributed by atoms with Crippen molar-refractivity contribution in [3.8, 4) is 22.8 Å². The van der Waals surface area contributed by atoms with E-state index in [-0.39, 0.29) is 73.5 Å². The lowest BCUT2D eigenvalue weighted by Gasteiger charge is -2.32. The fraction of sp³-hybridized carbons (Fsp3) is 0.532. The molecule has 6 aromatic heterocycles. The smallest absolute Gasteiger partial charge is 0.433 e. The second-order valence-electron chi connectivity index (χ2n) is 20.4. The predicted molar refractivity (Wildman–Crippen MR) is 260 cm³/mol. The van der Waals surface area contributed by atoms with Crippen LogP contribution in [0.5, 0.6) is 0 Å². The molecule has 0 spiro atoms. The number of fused-ring (bicyclic) bond motifs is 1. The second kappa shape index (κ2) is 20.5. The zero-order valence-corrected chi connectivity index (χ0v) is 43.6. The molecule has 2 aliphatic heterocycles. The first kappa shape index (κ1) is 53.7. The van der Waals surface area contributed by atoms with Gasteiger partial charge < -0.3 is 19.1 Å². The summed E-state index contributed by atoms with van der Waals surface area (Å²) in [7, 11) is 0. The molecule has 8 heterocycles. The number of alkyl halides is 6. The van der Waals surface area contributed by atoms with Crippen molar-refractivity contribution in [3.63, 3.8) is 0 Å². The van der Waals surface area contributed by atoms with Crippen molar-refractivity contribution in [2.75, 3.05) is 26.2 Å². The van der Waals surface area contributed by atoms with Gasteiger partial charge in [0.1, 0.15) is 60.8 Å². The zero-order valence-electron chi connectivity index (χ0n) is 40.5. The molecule has 24 heteroatoms. The molecule has 2 amide bonds. The molecule has 0 aliphatic carbocycles. The van der Waals surface area contributed by atoms with Crippen molar-refractivity contribution in [3.05, 3.63) is 78.5 Å². The van der Waals surface area contributed by atoms with Gasteiger partial charge in [-0.2, -0.15) is 26.3 Å². The van der Waals surface area contributed by atoms with Gasteiger partial charge in [-0.15, -0.1) is 22.7 Å². The van der Waals surface area contributed by atoms with Crippen LogP contribution in [-0.4, -0.2) is 98.0 Å². The van der Waals surface area contributed by atoms with E-state index in [2.05, 4.69) is 39.9 Å². The van der Waals surface area contributed by atoms with Crippen LogP contribution in [0.3, 0.4) is 0 Å². The van der Waals surface area contributed by atoms with Crippen molar-refractivity contribution in [1.82, 2.24) is 54.2 Å². The Morgan fingerprint density at radius 1 is 0.662 bits per heavy atom. The molecule has 382 valence electrons. The maximum Gasteiger partial charge on any atom is 0.433 e. The van der Waals surface area contributed by atoms with E-state index in [0.717, 1.165) is 27.7 Å². The maximum absolute atomic E-state index is 13.6. The average molecular weight is 1070 g/mol. The molecule has 0 aromatic carbocycles. The van der Waals surface area contributed by atoms with Crippen LogP contribution in [0.1, 0.15) is 133 Å². The van der Waals surface area contributed by atoms with Crippen LogP contribution < -0.4 is 0 Å². The number of rotatable bonds is 6. The van der Waals surface area contributed by atoms with Gasteiger partial charge in [0.05, 0.1) is 27.7 Å². The van der Waals surface area contributed by atoms with E-state index in [0.29, 0.717) is 57.5 Å². The number of likely N-dealkylation sites (tertiary alicyclic amines) is 2. The van der Waals surface area contributed by atoms with Crippen molar-refractivity contribution < 1.29 is 40.7 Å². The van der Waals surface area contributed by atoms with E-state index in [1.807, 2.05) is 26.8 Å². The number of ether oxygens (including phenoxy) is 1. The van der Waals surface area contributed by atoms with E-state index in [9.17, 15) is 35.9 Å². The van der Waals surface area contributed by atoms with Gasteiger partial charge >= 0.3 is 18.4 Å². The Bertz CT molecular complexity index is 2820. The number of carbonyl (C=O) groups is 2. The third-order valence-electron chi connectivity index (χ3n) is 11.4. The Morgan fingerprint density at radius 3 is 1.54 bits per heavy atom. The maximum atomic E-state index is 13.6. The minimum absolute atomic E-state index is 0.0263. The monoisotopic (exact) mass is 1070 g/mol. The minimum Gasteiger partial charge on any atom is -0.444 e. The minimum atomic E-state index is -4.62. The quantitative estimate of drug-likeness (QED) is 0.146. The van der Waals surface area contributed by atoms with Crippen LogP contribution >= 0.6 is 45.9 Å². The first-order valence-corrected chi connectivity index (χ1v) is 25.1. The van der Waals surface area contributed by atoms with Crippen LogP contribution in [0.15, 0.2) is 36.8 Å². The molecule has 2 saturated heterocycles. The standard InChI is InChI=1S/C25H25ClF3N7OS.C22H28ClF3N4O2S/c1-24(2,3)23-32-16(11-17(33-23)25(27,28)29)19-20(26)38-22(34-19)14-6-9-35(10-7-14)18(37)12-36-13-31-15-5-4-8-30-21(15)36;1-20(2,3)18-27-13(11-14(28-18)22(24,25)26)15-16(23)33-17(29-15)12-7-9-30(10-8-12)19(31)32-21(4,5)6/h4-5,8,11,13-14H,6-7,9-10,12H2,1-3H3;11-12H,7-10H2,1-6H3. The van der Waals surface area contributed by atoms with Gasteiger partial charge in [-0.1, -0.05) is 64.7 Å². The SMILES string of the molecule is CC(C)(C)OC(=O)N1CCC(c2nc(-c3cc(C(F)(F)F)nc(C(C)(C)C)n3)c(Cl)s2)CC1.CC(C)(C)c1nc(-c2nc(C3CCN(C(=O)Cn4cnc5cccnc54)CC3)sc2Cl)cc(C(F)(F)F)n1. The summed E-state index contributed by atoms with van der Waals surface area (Å²) in [6.07, 6.45) is -3.65. The number of pyridine rings is 1. The van der Waals surface area contributed by atoms with Crippen molar-refractivity contribution >= 4 is 69.0 Å². The number of nitrogens with zero attached hydrogens (tertiary/aromatic N) is 11. The Morgan fingerprint density at radius 2 is 1.11 bits per heavy atom. The number of imidazole rings is 1. The van der Waals surface area contributed by atoms with Crippen molar-refractivity contribution in [1.29, 1.82) is 0 Å². The highest BCUT2D eigenvalue weighted by Crippen LogP contribution is 2.42. The summed E-state index contributed by atoms with van der Waals surface area (Å²) in [5.41, 5.74) is -2.03. The lowest BCUT2D eigenvalue weighted by molar-refractivity contribution is -0.142. The van der Waals surface area contributed by atoms with Crippen LogP contribution in [-0.2, 0) is 39.3 Å². The number of aromatic nitrogens is 9. The van der Waals surface area contributed by atoms with E-state index < -0.39 is 40.2 Å².